The highest BCUT2D eigenvalue weighted by molar-refractivity contribution is 5.92. The lowest BCUT2D eigenvalue weighted by atomic mass is 9.84. The molecule has 162 valence electrons. The van der Waals surface area contributed by atoms with E-state index >= 15 is 0 Å². The Hall–Kier alpha value is -3.67. The lowest BCUT2D eigenvalue weighted by molar-refractivity contribution is -0.118. The number of rotatable bonds is 6. The van der Waals surface area contributed by atoms with Crippen LogP contribution in [-0.4, -0.2) is 22.5 Å². The number of nitrogens with zero attached hydrogens (tertiary/aromatic N) is 2. The molecule has 0 saturated heterocycles. The van der Waals surface area contributed by atoms with Crippen molar-refractivity contribution in [2.24, 2.45) is 0 Å². The summed E-state index contributed by atoms with van der Waals surface area (Å²) >= 11 is 0. The number of amides is 1. The van der Waals surface area contributed by atoms with Crippen molar-refractivity contribution < 1.29 is 13.9 Å². The zero-order valence-electron chi connectivity index (χ0n) is 17.8. The van der Waals surface area contributed by atoms with Gasteiger partial charge < -0.3 is 14.5 Å². The predicted molar refractivity (Wildman–Crippen MR) is 124 cm³/mol. The smallest absolute Gasteiger partial charge is 0.262 e. The van der Waals surface area contributed by atoms with E-state index in [2.05, 4.69) is 27.4 Å². The van der Waals surface area contributed by atoms with E-state index in [0.29, 0.717) is 34.5 Å². The van der Waals surface area contributed by atoms with E-state index in [1.807, 2.05) is 48.5 Å². The average Bonchev–Trinajstić information content (AvgIpc) is 3.28. The molecule has 0 bridgehead atoms. The third-order valence-electron chi connectivity index (χ3n) is 5.91. The number of hydrogen-bond acceptors (Lipinski definition) is 5. The molecule has 1 aliphatic carbocycles. The maximum atomic E-state index is 12.3. The van der Waals surface area contributed by atoms with Gasteiger partial charge in [-0.2, -0.15) is 4.98 Å². The van der Waals surface area contributed by atoms with E-state index < -0.39 is 0 Å². The minimum atomic E-state index is -0.208. The Bertz CT molecular complexity index is 1160. The highest BCUT2D eigenvalue weighted by Crippen LogP contribution is 2.33. The normalized spacial score (nSPS) is 14.4. The van der Waals surface area contributed by atoms with Crippen LogP contribution in [0.25, 0.3) is 22.7 Å². The Balaban J connectivity index is 1.15. The van der Waals surface area contributed by atoms with E-state index in [-0.39, 0.29) is 12.5 Å². The molecule has 0 unspecified atom stereocenters. The first kappa shape index (κ1) is 20.2. The fraction of sp³-hybridized carbons (Fsp3) is 0.269. The fourth-order valence-electron chi connectivity index (χ4n) is 4.21. The van der Waals surface area contributed by atoms with Gasteiger partial charge in [0.2, 0.25) is 5.89 Å². The van der Waals surface area contributed by atoms with Crippen LogP contribution in [0.3, 0.4) is 0 Å². The van der Waals surface area contributed by atoms with E-state index in [9.17, 15) is 4.79 Å². The van der Waals surface area contributed by atoms with Gasteiger partial charge >= 0.3 is 0 Å². The van der Waals surface area contributed by atoms with Crippen molar-refractivity contribution in [1.29, 1.82) is 0 Å². The Morgan fingerprint density at radius 1 is 1.00 bits per heavy atom. The number of benzene rings is 2. The van der Waals surface area contributed by atoms with Gasteiger partial charge in [0.1, 0.15) is 5.75 Å². The van der Waals surface area contributed by atoms with Gasteiger partial charge in [-0.3, -0.25) is 4.79 Å². The van der Waals surface area contributed by atoms with Gasteiger partial charge in [0.15, 0.2) is 17.8 Å². The second-order valence-electron chi connectivity index (χ2n) is 8.16. The molecule has 4 aromatic rings. The zero-order chi connectivity index (χ0) is 21.8. The van der Waals surface area contributed by atoms with Crippen LogP contribution in [0.1, 0.15) is 43.6 Å². The molecule has 6 nitrogen and oxygen atoms in total. The standard InChI is InChI=1S/C26H25N3O3/c30-24(17-31-22-14-10-19(11-15-22)18-5-2-1-3-6-18)28-21-12-8-20(9-13-21)26-29-25-23(32-26)7-4-16-27-25/h4,7-16,18H,1-3,5-6,17H2,(H,28,30). The van der Waals surface area contributed by atoms with Gasteiger partial charge in [-0.05, 0) is 72.9 Å². The summed E-state index contributed by atoms with van der Waals surface area (Å²) in [5, 5.41) is 2.85. The quantitative estimate of drug-likeness (QED) is 0.411. The lowest BCUT2D eigenvalue weighted by Gasteiger charge is -2.22. The molecule has 0 aliphatic heterocycles. The number of ether oxygens (including phenoxy) is 1. The van der Waals surface area contributed by atoms with Crippen LogP contribution in [0.2, 0.25) is 0 Å². The van der Waals surface area contributed by atoms with Crippen LogP contribution in [0.5, 0.6) is 5.75 Å². The number of carbonyl (C=O) groups excluding carboxylic acids is 1. The SMILES string of the molecule is O=C(COc1ccc(C2CCCCC2)cc1)Nc1ccc(-c2nc3ncccc3o2)cc1. The maximum Gasteiger partial charge on any atom is 0.262 e. The highest BCUT2D eigenvalue weighted by atomic mass is 16.5. The van der Waals surface area contributed by atoms with Crippen molar-refractivity contribution >= 4 is 22.8 Å². The molecule has 6 heteroatoms. The van der Waals surface area contributed by atoms with E-state index in [1.165, 1.54) is 37.7 Å². The number of anilines is 1. The summed E-state index contributed by atoms with van der Waals surface area (Å²) in [7, 11) is 0. The van der Waals surface area contributed by atoms with Crippen molar-refractivity contribution in [2.45, 2.75) is 38.0 Å². The molecule has 1 fully saturated rings. The Morgan fingerprint density at radius 3 is 2.53 bits per heavy atom. The molecule has 1 aliphatic rings. The minimum absolute atomic E-state index is 0.0404. The molecule has 5 rings (SSSR count). The third-order valence-corrected chi connectivity index (χ3v) is 5.91. The van der Waals surface area contributed by atoms with Crippen molar-refractivity contribution in [2.75, 3.05) is 11.9 Å². The second kappa shape index (κ2) is 9.22. The molecule has 0 atom stereocenters. The van der Waals surface area contributed by atoms with Crippen molar-refractivity contribution in [1.82, 2.24) is 9.97 Å². The average molecular weight is 428 g/mol. The molecule has 2 aromatic carbocycles. The Labute approximate surface area is 186 Å². The first-order chi connectivity index (χ1) is 15.7. The summed E-state index contributed by atoms with van der Waals surface area (Å²) in [5.41, 5.74) is 4.09. The largest absolute Gasteiger partial charge is 0.484 e. The summed E-state index contributed by atoms with van der Waals surface area (Å²) in [6.45, 7) is -0.0404. The zero-order valence-corrected chi connectivity index (χ0v) is 17.8. The number of hydrogen-bond donors (Lipinski definition) is 1. The van der Waals surface area contributed by atoms with Gasteiger partial charge in [0.25, 0.3) is 5.91 Å². The third kappa shape index (κ3) is 4.64. The molecule has 0 spiro atoms. The number of aromatic nitrogens is 2. The van der Waals surface area contributed by atoms with Crippen LogP contribution in [0.15, 0.2) is 71.3 Å². The van der Waals surface area contributed by atoms with Crippen LogP contribution in [0.4, 0.5) is 5.69 Å². The number of oxazole rings is 1. The summed E-state index contributed by atoms with van der Waals surface area (Å²) in [6.07, 6.45) is 8.20. The molecule has 2 aromatic heterocycles. The molecule has 0 radical (unpaired) electrons. The van der Waals surface area contributed by atoms with Gasteiger partial charge in [0, 0.05) is 17.4 Å². The predicted octanol–water partition coefficient (Wildman–Crippen LogP) is 5.96. The number of fused-ring (bicyclic) bond motifs is 1. The van der Waals surface area contributed by atoms with Crippen molar-refractivity contribution in [3.05, 3.63) is 72.4 Å². The highest BCUT2D eigenvalue weighted by Gasteiger charge is 2.15. The van der Waals surface area contributed by atoms with Gasteiger partial charge in [-0.25, -0.2) is 4.98 Å². The van der Waals surface area contributed by atoms with E-state index in [4.69, 9.17) is 9.15 Å². The number of nitrogens with one attached hydrogen (secondary N) is 1. The molecule has 1 saturated carbocycles. The maximum absolute atomic E-state index is 12.3. The molecular weight excluding hydrogens is 402 g/mol. The van der Waals surface area contributed by atoms with Gasteiger partial charge in [-0.1, -0.05) is 31.4 Å². The van der Waals surface area contributed by atoms with E-state index in [1.54, 1.807) is 6.20 Å². The molecular formula is C26H25N3O3. The first-order valence-electron chi connectivity index (χ1n) is 11.1. The lowest BCUT2D eigenvalue weighted by Crippen LogP contribution is -2.20. The first-order valence-corrected chi connectivity index (χ1v) is 11.1. The topological polar surface area (TPSA) is 77.2 Å². The molecule has 2 heterocycles. The Kier molecular flexibility index (Phi) is 5.83. The molecule has 1 N–H and O–H groups in total. The van der Waals surface area contributed by atoms with Crippen LogP contribution in [0, 0.1) is 0 Å². The van der Waals surface area contributed by atoms with Crippen LogP contribution >= 0.6 is 0 Å². The van der Waals surface area contributed by atoms with Crippen molar-refractivity contribution in [3.63, 3.8) is 0 Å². The summed E-state index contributed by atoms with van der Waals surface area (Å²) < 4.78 is 11.4. The summed E-state index contributed by atoms with van der Waals surface area (Å²) in [6, 6.07) is 19.1. The fourth-order valence-corrected chi connectivity index (χ4v) is 4.21. The Morgan fingerprint density at radius 2 is 1.78 bits per heavy atom. The number of pyridine rings is 1. The van der Waals surface area contributed by atoms with Gasteiger partial charge in [-0.15, -0.1) is 0 Å². The van der Waals surface area contributed by atoms with Crippen LogP contribution in [-0.2, 0) is 4.79 Å². The summed E-state index contributed by atoms with van der Waals surface area (Å²) in [4.78, 5) is 20.9. The molecule has 1 amide bonds. The molecule has 32 heavy (non-hydrogen) atoms. The monoisotopic (exact) mass is 427 g/mol. The summed E-state index contributed by atoms with van der Waals surface area (Å²) in [5.74, 6) is 1.66. The van der Waals surface area contributed by atoms with Crippen molar-refractivity contribution in [3.8, 4) is 17.2 Å². The van der Waals surface area contributed by atoms with Crippen LogP contribution < -0.4 is 10.1 Å². The second-order valence-corrected chi connectivity index (χ2v) is 8.16. The number of carbonyl (C=O) groups is 1. The van der Waals surface area contributed by atoms with Gasteiger partial charge in [0.05, 0.1) is 0 Å². The van der Waals surface area contributed by atoms with E-state index in [0.717, 1.165) is 5.56 Å². The minimum Gasteiger partial charge on any atom is -0.484 e.